The van der Waals surface area contributed by atoms with E-state index in [0.717, 1.165) is 35.9 Å². The lowest BCUT2D eigenvalue weighted by Crippen LogP contribution is -2.08. The molecule has 0 aromatic heterocycles. The van der Waals surface area contributed by atoms with E-state index in [2.05, 4.69) is 13.2 Å². The molecule has 0 bridgehead atoms. The highest BCUT2D eigenvalue weighted by Gasteiger charge is 2.10. The molecule has 0 unspecified atom stereocenters. The van der Waals surface area contributed by atoms with Crippen molar-refractivity contribution in [1.29, 1.82) is 0 Å². The van der Waals surface area contributed by atoms with Gasteiger partial charge in [-0.05, 0) is 110 Å². The molecule has 0 saturated heterocycles. The van der Waals surface area contributed by atoms with Crippen molar-refractivity contribution >= 4 is 40.9 Å². The Bertz CT molecular complexity index is 1480. The van der Waals surface area contributed by atoms with Crippen molar-refractivity contribution in [2.24, 2.45) is 0 Å². The lowest BCUT2D eigenvalue weighted by molar-refractivity contribution is -0.138. The van der Waals surface area contributed by atoms with E-state index < -0.39 is 17.9 Å². The molecule has 46 heavy (non-hydrogen) atoms. The lowest BCUT2D eigenvalue weighted by Gasteiger charge is -2.08. The first-order valence-corrected chi connectivity index (χ1v) is 15.4. The highest BCUT2D eigenvalue weighted by molar-refractivity contribution is 8.14. The van der Waals surface area contributed by atoms with E-state index in [1.165, 1.54) is 6.08 Å². The third kappa shape index (κ3) is 13.7. The molecule has 0 atom stereocenters. The van der Waals surface area contributed by atoms with Gasteiger partial charge in [0.05, 0.1) is 32.0 Å². The van der Waals surface area contributed by atoms with Crippen LogP contribution < -0.4 is 14.2 Å². The Morgan fingerprint density at radius 1 is 0.609 bits per heavy atom. The summed E-state index contributed by atoms with van der Waals surface area (Å²) in [7, 11) is 0. The van der Waals surface area contributed by atoms with Gasteiger partial charge in [0.25, 0.3) is 0 Å². The quantitative estimate of drug-likeness (QED) is 0.0444. The molecule has 0 fully saturated rings. The van der Waals surface area contributed by atoms with E-state index in [0.29, 0.717) is 73.4 Å². The Labute approximate surface area is 272 Å². The zero-order chi connectivity index (χ0) is 33.0. The van der Waals surface area contributed by atoms with E-state index in [4.69, 9.17) is 23.7 Å². The molecule has 0 N–H and O–H groups in total. The molecule has 0 amide bonds. The minimum atomic E-state index is -0.516. The van der Waals surface area contributed by atoms with Crippen LogP contribution in [-0.4, -0.2) is 49.5 Å². The molecule has 240 valence electrons. The molecule has 3 aromatic rings. The van der Waals surface area contributed by atoms with E-state index in [-0.39, 0.29) is 5.12 Å². The number of hydrogen-bond donors (Lipinski definition) is 0. The van der Waals surface area contributed by atoms with Crippen LogP contribution >= 0.6 is 11.8 Å². The van der Waals surface area contributed by atoms with Gasteiger partial charge < -0.3 is 23.7 Å². The molecule has 3 rings (SSSR count). The van der Waals surface area contributed by atoms with Crippen molar-refractivity contribution < 1.29 is 42.9 Å². The Morgan fingerprint density at radius 3 is 1.61 bits per heavy atom. The molecular formula is C36H36O9S. The zero-order valence-electron chi connectivity index (χ0n) is 25.4. The molecule has 0 aliphatic carbocycles. The molecular weight excluding hydrogens is 608 g/mol. The maximum Gasteiger partial charge on any atom is 0.343 e. The second-order valence-electron chi connectivity index (χ2n) is 9.56. The second-order valence-corrected chi connectivity index (χ2v) is 10.6. The van der Waals surface area contributed by atoms with Crippen molar-refractivity contribution in [3.8, 4) is 17.2 Å². The van der Waals surface area contributed by atoms with Crippen LogP contribution in [0.5, 0.6) is 17.2 Å². The fraction of sp³-hybridized carbons (Fsp3) is 0.222. The minimum Gasteiger partial charge on any atom is -0.494 e. The monoisotopic (exact) mass is 644 g/mol. The van der Waals surface area contributed by atoms with Crippen molar-refractivity contribution in [2.45, 2.75) is 30.6 Å². The summed E-state index contributed by atoms with van der Waals surface area (Å²) in [5.74, 6) is 0.286. The van der Waals surface area contributed by atoms with Gasteiger partial charge in [-0.3, -0.25) is 4.79 Å². The topological polar surface area (TPSA) is 114 Å². The summed E-state index contributed by atoms with van der Waals surface area (Å²) in [4.78, 5) is 47.7. The van der Waals surface area contributed by atoms with Gasteiger partial charge in [0.2, 0.25) is 5.12 Å². The first-order chi connectivity index (χ1) is 22.4. The summed E-state index contributed by atoms with van der Waals surface area (Å²) >= 11 is 1.06. The van der Waals surface area contributed by atoms with Crippen LogP contribution in [0, 0.1) is 0 Å². The van der Waals surface area contributed by atoms with Crippen molar-refractivity contribution in [3.05, 3.63) is 115 Å². The average Bonchev–Trinajstić information content (AvgIpc) is 3.08. The van der Waals surface area contributed by atoms with Crippen molar-refractivity contribution in [1.82, 2.24) is 0 Å². The molecule has 10 heteroatoms. The highest BCUT2D eigenvalue weighted by Crippen LogP contribution is 2.24. The standard InChI is InChI=1S/C36H36O9S/c1-3-33(37)43-25-7-5-23-41-29-14-9-27(10-15-29)11-22-35(39)46-32-20-18-31(19-21-32)45-36(40)28-12-16-30(17-13-28)42-24-6-8-26-44-34(38)4-2/h3-4,9-22H,1-2,5-8,23-26H2/b22-11+. The number of ether oxygens (including phenoxy) is 5. The van der Waals surface area contributed by atoms with Gasteiger partial charge in [-0.25, -0.2) is 14.4 Å². The Kier molecular flexibility index (Phi) is 15.4. The summed E-state index contributed by atoms with van der Waals surface area (Å²) in [6.45, 7) is 8.27. The Balaban J connectivity index is 1.35. The van der Waals surface area contributed by atoms with E-state index in [1.807, 2.05) is 24.3 Å². The number of benzene rings is 3. The average molecular weight is 645 g/mol. The predicted octanol–water partition coefficient (Wildman–Crippen LogP) is 7.01. The van der Waals surface area contributed by atoms with E-state index in [1.54, 1.807) is 54.6 Å². The fourth-order valence-corrected chi connectivity index (χ4v) is 4.31. The van der Waals surface area contributed by atoms with Crippen LogP contribution in [0.3, 0.4) is 0 Å². The van der Waals surface area contributed by atoms with Crippen LogP contribution in [0.1, 0.15) is 41.6 Å². The van der Waals surface area contributed by atoms with Gasteiger partial charge in [0, 0.05) is 17.0 Å². The van der Waals surface area contributed by atoms with Crippen molar-refractivity contribution in [3.63, 3.8) is 0 Å². The number of esters is 3. The third-order valence-corrected chi connectivity index (χ3v) is 6.92. The summed E-state index contributed by atoms with van der Waals surface area (Å²) < 4.78 is 26.6. The first kappa shape index (κ1) is 35.4. The smallest absolute Gasteiger partial charge is 0.343 e. The SMILES string of the molecule is C=CC(=O)OCCCCOc1ccc(/C=C/C(=O)Sc2ccc(OC(=O)c3ccc(OCCCCOC(=O)C=C)cc3)cc2)cc1. The number of carbonyl (C=O) groups is 4. The number of unbranched alkanes of at least 4 members (excludes halogenated alkanes) is 2. The molecule has 0 spiro atoms. The largest absolute Gasteiger partial charge is 0.494 e. The van der Waals surface area contributed by atoms with Gasteiger partial charge in [-0.2, -0.15) is 0 Å². The maximum absolute atomic E-state index is 12.6. The van der Waals surface area contributed by atoms with Gasteiger partial charge in [0.15, 0.2) is 0 Å². The molecule has 0 heterocycles. The maximum atomic E-state index is 12.6. The second kappa shape index (κ2) is 20.0. The summed E-state index contributed by atoms with van der Waals surface area (Å²) in [5.41, 5.74) is 1.22. The number of rotatable bonds is 19. The first-order valence-electron chi connectivity index (χ1n) is 14.6. The lowest BCUT2D eigenvalue weighted by atomic mass is 10.2. The van der Waals surface area contributed by atoms with Gasteiger partial charge >= 0.3 is 17.9 Å². The molecule has 0 aliphatic rings. The van der Waals surface area contributed by atoms with Crippen LogP contribution in [0.4, 0.5) is 0 Å². The third-order valence-electron chi connectivity index (χ3n) is 6.07. The molecule has 9 nitrogen and oxygen atoms in total. The van der Waals surface area contributed by atoms with Crippen LogP contribution in [-0.2, 0) is 23.9 Å². The summed E-state index contributed by atoms with van der Waals surface area (Å²) in [6.07, 6.45) is 8.29. The molecule has 0 saturated carbocycles. The van der Waals surface area contributed by atoms with Crippen LogP contribution in [0.25, 0.3) is 6.08 Å². The number of hydrogen-bond acceptors (Lipinski definition) is 10. The normalized spacial score (nSPS) is 10.5. The summed E-state index contributed by atoms with van der Waals surface area (Å²) in [6, 6.07) is 20.7. The molecule has 0 radical (unpaired) electrons. The Hall–Kier alpha value is -5.09. The molecule has 0 aliphatic heterocycles. The molecule has 3 aromatic carbocycles. The van der Waals surface area contributed by atoms with Crippen LogP contribution in [0.2, 0.25) is 0 Å². The minimum absolute atomic E-state index is 0.152. The van der Waals surface area contributed by atoms with Gasteiger partial charge in [0.1, 0.15) is 17.2 Å². The predicted molar refractivity (Wildman–Crippen MR) is 176 cm³/mol. The van der Waals surface area contributed by atoms with E-state index in [9.17, 15) is 19.2 Å². The van der Waals surface area contributed by atoms with Gasteiger partial charge in [-0.1, -0.05) is 31.4 Å². The fourth-order valence-electron chi connectivity index (χ4n) is 3.67. The Morgan fingerprint density at radius 2 is 1.09 bits per heavy atom. The highest BCUT2D eigenvalue weighted by atomic mass is 32.2. The van der Waals surface area contributed by atoms with E-state index >= 15 is 0 Å². The summed E-state index contributed by atoms with van der Waals surface area (Å²) in [5, 5.41) is -0.152. The zero-order valence-corrected chi connectivity index (χ0v) is 26.2. The number of thioether (sulfide) groups is 1. The van der Waals surface area contributed by atoms with Gasteiger partial charge in [-0.15, -0.1) is 0 Å². The number of carbonyl (C=O) groups excluding carboxylic acids is 4. The van der Waals surface area contributed by atoms with Crippen LogP contribution in [0.15, 0.2) is 109 Å². The van der Waals surface area contributed by atoms with Crippen molar-refractivity contribution in [2.75, 3.05) is 26.4 Å².